The number of nitrogens with one attached hydrogen (secondary N) is 2. The number of rotatable bonds is 5. The number of aryl methyl sites for hydroxylation is 1. The number of nitrogens with zero attached hydrogens (tertiary/aromatic N) is 4. The summed E-state index contributed by atoms with van der Waals surface area (Å²) in [5.74, 6) is 0.0748. The average Bonchev–Trinajstić information content (AvgIpc) is 3.35. The summed E-state index contributed by atoms with van der Waals surface area (Å²) in [6.07, 6.45) is -0.725. The molecular formula is C17H13KN6O3S2. The van der Waals surface area contributed by atoms with Gasteiger partial charge in [-0.05, 0) is 19.1 Å². The van der Waals surface area contributed by atoms with Gasteiger partial charge < -0.3 is 20.3 Å². The Morgan fingerprint density at radius 3 is 2.76 bits per heavy atom. The predicted octanol–water partition coefficient (Wildman–Crippen LogP) is 0.405. The summed E-state index contributed by atoms with van der Waals surface area (Å²) in [6.45, 7) is 3.32. The zero-order valence-corrected chi connectivity index (χ0v) is 20.5. The molecule has 0 aliphatic rings. The Bertz CT molecular complexity index is 1160. The number of carbonyl (C=O) groups excluding carboxylic acids is 1. The first kappa shape index (κ1) is 22.0. The fourth-order valence-electron chi connectivity index (χ4n) is 2.46. The van der Waals surface area contributed by atoms with E-state index in [1.54, 1.807) is 12.1 Å². The van der Waals surface area contributed by atoms with E-state index in [-0.39, 0.29) is 63.1 Å². The van der Waals surface area contributed by atoms with Crippen molar-refractivity contribution in [3.05, 3.63) is 35.3 Å². The average molecular weight is 453 g/mol. The Labute approximate surface area is 216 Å². The number of aromatic nitrogens is 4. The first-order chi connectivity index (χ1) is 13.5. The van der Waals surface area contributed by atoms with Crippen LogP contribution < -0.4 is 67.1 Å². The Balaban J connectivity index is 0.00000240. The Morgan fingerprint density at radius 2 is 2.03 bits per heavy atom. The fraction of sp³-hybridized carbons (Fsp3) is 0.118. The first-order valence-electron chi connectivity index (χ1n) is 8.07. The van der Waals surface area contributed by atoms with Crippen LogP contribution in [0.2, 0.25) is 0 Å². The molecule has 0 saturated heterocycles. The van der Waals surface area contributed by atoms with Crippen LogP contribution in [0.1, 0.15) is 12.6 Å². The van der Waals surface area contributed by atoms with Gasteiger partial charge in [-0.2, -0.15) is 5.16 Å². The van der Waals surface area contributed by atoms with Crippen LogP contribution >= 0.6 is 22.7 Å². The number of carbonyl (C=O) groups is 1. The van der Waals surface area contributed by atoms with Crippen molar-refractivity contribution in [3.8, 4) is 28.0 Å². The molecule has 2 N–H and O–H groups in total. The van der Waals surface area contributed by atoms with Gasteiger partial charge in [0.15, 0.2) is 22.2 Å². The van der Waals surface area contributed by atoms with E-state index < -0.39 is 6.08 Å². The molecule has 0 saturated carbocycles. The van der Waals surface area contributed by atoms with E-state index in [9.17, 15) is 9.90 Å². The van der Waals surface area contributed by atoms with Crippen molar-refractivity contribution in [1.29, 1.82) is 0 Å². The summed E-state index contributed by atoms with van der Waals surface area (Å²) < 4.78 is 4.49. The molecule has 4 rings (SSSR count). The van der Waals surface area contributed by atoms with Gasteiger partial charge in [0.05, 0.1) is 16.3 Å². The van der Waals surface area contributed by atoms with Crippen molar-refractivity contribution in [1.82, 2.24) is 20.1 Å². The zero-order chi connectivity index (χ0) is 19.7. The van der Waals surface area contributed by atoms with Crippen LogP contribution in [0.5, 0.6) is 6.08 Å². The van der Waals surface area contributed by atoms with Gasteiger partial charge in [0.2, 0.25) is 5.91 Å². The molecule has 0 radical (unpaired) electrons. The predicted molar refractivity (Wildman–Crippen MR) is 105 cm³/mol. The standard InChI is InChI=1S/C17H14N6O3S2.K/c1-8-13(28-16(18-8)19-9(2)24)12-7-27-15(21-12)20-11-5-3-4-10(6-11)14-22-17(25)26-23-14;/h3-7H,1-2H3,(H,20,21)(H,18,19,24)(H,22,23,25);/q;+1/p-1. The second-order valence-electron chi connectivity index (χ2n) is 5.74. The van der Waals surface area contributed by atoms with Crippen molar-refractivity contribution in [2.24, 2.45) is 0 Å². The van der Waals surface area contributed by atoms with Crippen LogP contribution in [0, 0.1) is 6.92 Å². The Morgan fingerprint density at radius 1 is 1.21 bits per heavy atom. The molecule has 0 atom stereocenters. The van der Waals surface area contributed by atoms with Gasteiger partial charge in [0.1, 0.15) is 0 Å². The SMILES string of the molecule is CC(=O)Nc1nc(C)c(-c2csc(Nc3cccc(-c4noc([O-])n4)c3)n2)s1.[K+]. The maximum absolute atomic E-state index is 11.2. The molecule has 4 aromatic rings. The van der Waals surface area contributed by atoms with E-state index in [2.05, 4.69) is 35.3 Å². The minimum absolute atomic E-state index is 0. The number of hydrogen-bond acceptors (Lipinski definition) is 10. The molecule has 3 aromatic heterocycles. The Hall–Kier alpha value is -1.67. The van der Waals surface area contributed by atoms with Crippen molar-refractivity contribution >= 4 is 44.5 Å². The van der Waals surface area contributed by atoms with Gasteiger partial charge in [0.25, 0.3) is 0 Å². The monoisotopic (exact) mass is 452 g/mol. The number of anilines is 3. The molecule has 9 nitrogen and oxygen atoms in total. The zero-order valence-electron chi connectivity index (χ0n) is 15.7. The van der Waals surface area contributed by atoms with Gasteiger partial charge in [-0.3, -0.25) is 4.79 Å². The molecule has 12 heteroatoms. The van der Waals surface area contributed by atoms with Crippen molar-refractivity contribution < 1.29 is 65.8 Å². The van der Waals surface area contributed by atoms with Gasteiger partial charge >= 0.3 is 51.4 Å². The quantitative estimate of drug-likeness (QED) is 0.417. The first-order valence-corrected chi connectivity index (χ1v) is 9.76. The van der Waals surface area contributed by atoms with Crippen molar-refractivity contribution in [2.75, 3.05) is 10.6 Å². The molecule has 1 amide bonds. The summed E-state index contributed by atoms with van der Waals surface area (Å²) in [7, 11) is 0. The van der Waals surface area contributed by atoms with Crippen LogP contribution in [0.3, 0.4) is 0 Å². The molecule has 3 heterocycles. The number of thiazole rings is 2. The minimum atomic E-state index is -0.725. The van der Waals surface area contributed by atoms with Crippen LogP contribution in [0.25, 0.3) is 22.0 Å². The van der Waals surface area contributed by atoms with E-state index >= 15 is 0 Å². The molecule has 0 aliphatic carbocycles. The van der Waals surface area contributed by atoms with Gasteiger partial charge in [-0.25, -0.2) is 15.0 Å². The molecule has 0 bridgehead atoms. The van der Waals surface area contributed by atoms with Crippen molar-refractivity contribution in [2.45, 2.75) is 13.8 Å². The van der Waals surface area contributed by atoms with E-state index in [0.29, 0.717) is 15.8 Å². The maximum atomic E-state index is 11.2. The normalized spacial score (nSPS) is 10.4. The van der Waals surface area contributed by atoms with Gasteiger partial charge in [0, 0.05) is 23.6 Å². The second-order valence-corrected chi connectivity index (χ2v) is 7.60. The number of benzene rings is 1. The van der Waals surface area contributed by atoms with Crippen molar-refractivity contribution in [3.63, 3.8) is 0 Å². The largest absolute Gasteiger partial charge is 1.00 e. The van der Waals surface area contributed by atoms with E-state index in [4.69, 9.17) is 0 Å². The Kier molecular flexibility index (Phi) is 7.16. The minimum Gasteiger partial charge on any atom is -0.528 e. The van der Waals surface area contributed by atoms with Crippen LogP contribution in [0.15, 0.2) is 34.2 Å². The summed E-state index contributed by atoms with van der Waals surface area (Å²) >= 11 is 2.83. The summed E-state index contributed by atoms with van der Waals surface area (Å²) in [5.41, 5.74) is 3.02. The molecule has 0 aliphatic heterocycles. The van der Waals surface area contributed by atoms with Crippen LogP contribution in [-0.4, -0.2) is 26.0 Å². The van der Waals surface area contributed by atoms with Crippen LogP contribution in [-0.2, 0) is 4.79 Å². The smallest absolute Gasteiger partial charge is 0.528 e. The van der Waals surface area contributed by atoms with E-state index in [1.807, 2.05) is 24.4 Å². The fourth-order valence-corrected chi connectivity index (χ4v) is 4.23. The molecule has 0 unspecified atom stereocenters. The molecule has 29 heavy (non-hydrogen) atoms. The third-order valence-corrected chi connectivity index (χ3v) is 5.45. The topological polar surface area (TPSA) is 129 Å². The number of hydrogen-bond donors (Lipinski definition) is 2. The third kappa shape index (κ3) is 5.28. The van der Waals surface area contributed by atoms with Gasteiger partial charge in [-0.15, -0.1) is 11.3 Å². The van der Waals surface area contributed by atoms with E-state index in [0.717, 1.165) is 22.0 Å². The van der Waals surface area contributed by atoms with E-state index in [1.165, 1.54) is 29.6 Å². The summed E-state index contributed by atoms with van der Waals surface area (Å²) in [5, 5.41) is 23.8. The molecule has 0 spiro atoms. The molecule has 0 fully saturated rings. The molecule has 142 valence electrons. The van der Waals surface area contributed by atoms with Crippen LogP contribution in [0.4, 0.5) is 16.0 Å². The third-order valence-electron chi connectivity index (χ3n) is 3.60. The molecule has 1 aromatic carbocycles. The maximum Gasteiger partial charge on any atom is 1.00 e. The second kappa shape index (κ2) is 9.43. The van der Waals surface area contributed by atoms with Gasteiger partial charge in [-0.1, -0.05) is 23.5 Å². The molecular weight excluding hydrogens is 439 g/mol. The summed E-state index contributed by atoms with van der Waals surface area (Å²) in [6, 6.07) is 7.28. The summed E-state index contributed by atoms with van der Waals surface area (Å²) in [4.78, 5) is 24.8. The number of amides is 1.